The molecule has 0 aliphatic carbocycles. The van der Waals surface area contributed by atoms with Crippen molar-refractivity contribution in [2.45, 2.75) is 11.8 Å². The molecule has 0 spiro atoms. The summed E-state index contributed by atoms with van der Waals surface area (Å²) in [5, 5.41) is 15.0. The SMILES string of the molecule is CSCc1ccc(C(Nc2cc(Cl)cc(Cl)c2)C(=O)[O-])o1.[Na+]. The molecule has 0 fully saturated rings. The molecule has 1 N–H and O–H groups in total. The average Bonchev–Trinajstić information content (AvgIpc) is 2.83. The molecule has 2 aromatic rings. The van der Waals surface area contributed by atoms with E-state index < -0.39 is 12.0 Å². The van der Waals surface area contributed by atoms with Gasteiger partial charge in [-0.15, -0.1) is 0 Å². The van der Waals surface area contributed by atoms with E-state index in [-0.39, 0.29) is 35.3 Å². The second-order valence-electron chi connectivity index (χ2n) is 4.29. The molecule has 0 bridgehead atoms. The molecule has 2 rings (SSSR count). The van der Waals surface area contributed by atoms with Gasteiger partial charge in [0.2, 0.25) is 0 Å². The maximum Gasteiger partial charge on any atom is 1.00 e. The zero-order valence-electron chi connectivity index (χ0n) is 12.1. The third kappa shape index (κ3) is 5.41. The predicted molar refractivity (Wildman–Crippen MR) is 83.8 cm³/mol. The number of anilines is 1. The van der Waals surface area contributed by atoms with Crippen LogP contribution in [0.4, 0.5) is 5.69 Å². The molecule has 0 saturated heterocycles. The van der Waals surface area contributed by atoms with Gasteiger partial charge in [0.15, 0.2) is 0 Å². The molecular weight excluding hydrogens is 356 g/mol. The largest absolute Gasteiger partial charge is 1.00 e. The van der Waals surface area contributed by atoms with Crippen LogP contribution in [0.3, 0.4) is 0 Å². The first kappa shape index (κ1) is 19.7. The first-order chi connectivity index (χ1) is 9.99. The Morgan fingerprint density at radius 2 is 1.95 bits per heavy atom. The van der Waals surface area contributed by atoms with Crippen molar-refractivity contribution < 1.29 is 43.9 Å². The number of carboxylic acid groups (broad SMARTS) is 1. The van der Waals surface area contributed by atoms with Crippen molar-refractivity contribution in [3.05, 3.63) is 51.9 Å². The minimum Gasteiger partial charge on any atom is -0.547 e. The molecule has 0 saturated carbocycles. The van der Waals surface area contributed by atoms with E-state index in [4.69, 9.17) is 27.6 Å². The monoisotopic (exact) mass is 367 g/mol. The smallest absolute Gasteiger partial charge is 0.547 e. The summed E-state index contributed by atoms with van der Waals surface area (Å²) < 4.78 is 5.51. The van der Waals surface area contributed by atoms with E-state index in [0.717, 1.165) is 0 Å². The molecule has 0 aliphatic rings. The van der Waals surface area contributed by atoms with Crippen LogP contribution in [0.5, 0.6) is 0 Å². The number of rotatable bonds is 6. The molecule has 0 radical (unpaired) electrons. The van der Waals surface area contributed by atoms with Crippen molar-refractivity contribution in [3.8, 4) is 0 Å². The van der Waals surface area contributed by atoms with Crippen molar-refractivity contribution in [1.82, 2.24) is 0 Å². The van der Waals surface area contributed by atoms with E-state index in [1.54, 1.807) is 42.1 Å². The van der Waals surface area contributed by atoms with Gasteiger partial charge in [-0.1, -0.05) is 23.2 Å². The molecule has 1 unspecified atom stereocenters. The number of nitrogens with one attached hydrogen (secondary N) is 1. The Bertz CT molecular complexity index is 631. The van der Waals surface area contributed by atoms with Crippen LogP contribution >= 0.6 is 35.0 Å². The number of benzene rings is 1. The molecule has 22 heavy (non-hydrogen) atoms. The Balaban J connectivity index is 0.00000242. The third-order valence-corrected chi connectivity index (χ3v) is 3.67. The first-order valence-electron chi connectivity index (χ1n) is 6.00. The maximum absolute atomic E-state index is 11.3. The van der Waals surface area contributed by atoms with Crippen molar-refractivity contribution in [2.75, 3.05) is 11.6 Å². The zero-order valence-corrected chi connectivity index (χ0v) is 16.4. The summed E-state index contributed by atoms with van der Waals surface area (Å²) in [6, 6.07) is 6.96. The minimum absolute atomic E-state index is 0. The number of thioether (sulfide) groups is 1. The molecule has 8 heteroatoms. The molecule has 0 aliphatic heterocycles. The molecular formula is C14H12Cl2NNaO3S. The zero-order chi connectivity index (χ0) is 15.4. The van der Waals surface area contributed by atoms with Gasteiger partial charge in [0.05, 0.1) is 11.7 Å². The Hall–Kier alpha value is -0.300. The number of hydrogen-bond acceptors (Lipinski definition) is 5. The van der Waals surface area contributed by atoms with Crippen LogP contribution in [0.15, 0.2) is 34.7 Å². The number of carbonyl (C=O) groups is 1. The topological polar surface area (TPSA) is 65.3 Å². The number of carboxylic acids is 1. The van der Waals surface area contributed by atoms with Crippen molar-refractivity contribution in [3.63, 3.8) is 0 Å². The van der Waals surface area contributed by atoms with Gasteiger partial charge in [-0.05, 0) is 36.6 Å². The number of aliphatic carboxylic acids is 1. The third-order valence-electron chi connectivity index (χ3n) is 2.66. The number of furan rings is 1. The Kier molecular flexibility index (Phi) is 8.17. The molecule has 112 valence electrons. The fourth-order valence-electron chi connectivity index (χ4n) is 1.82. The predicted octanol–water partition coefficient (Wildman–Crippen LogP) is 0.356. The second kappa shape index (κ2) is 9.11. The number of halogens is 2. The summed E-state index contributed by atoms with van der Waals surface area (Å²) in [4.78, 5) is 11.3. The van der Waals surface area contributed by atoms with Gasteiger partial charge >= 0.3 is 29.6 Å². The van der Waals surface area contributed by atoms with Gasteiger partial charge < -0.3 is 19.6 Å². The second-order valence-corrected chi connectivity index (χ2v) is 6.03. The van der Waals surface area contributed by atoms with E-state index in [2.05, 4.69) is 5.32 Å². The van der Waals surface area contributed by atoms with Crippen LogP contribution < -0.4 is 40.0 Å². The Morgan fingerprint density at radius 3 is 2.50 bits per heavy atom. The summed E-state index contributed by atoms with van der Waals surface area (Å²) in [5.41, 5.74) is 0.476. The van der Waals surface area contributed by atoms with Gasteiger partial charge in [0.25, 0.3) is 0 Å². The fraction of sp³-hybridized carbons (Fsp3) is 0.214. The van der Waals surface area contributed by atoms with Crippen LogP contribution in [0.25, 0.3) is 0 Å². The summed E-state index contributed by atoms with van der Waals surface area (Å²) >= 11 is 13.4. The Morgan fingerprint density at radius 1 is 1.32 bits per heavy atom. The van der Waals surface area contributed by atoms with Gasteiger partial charge in [-0.2, -0.15) is 11.8 Å². The van der Waals surface area contributed by atoms with Crippen LogP contribution in [-0.2, 0) is 10.5 Å². The Labute approximate surface area is 164 Å². The van der Waals surface area contributed by atoms with Crippen molar-refractivity contribution in [1.29, 1.82) is 0 Å². The quantitative estimate of drug-likeness (QED) is 0.746. The fourth-order valence-corrected chi connectivity index (χ4v) is 2.79. The van der Waals surface area contributed by atoms with Crippen molar-refractivity contribution >= 4 is 46.6 Å². The molecule has 4 nitrogen and oxygen atoms in total. The number of carbonyl (C=O) groups excluding carboxylic acids is 1. The van der Waals surface area contributed by atoms with Crippen LogP contribution in [0.2, 0.25) is 10.0 Å². The molecule has 0 amide bonds. The summed E-state index contributed by atoms with van der Waals surface area (Å²) in [5.74, 6) is 0.351. The minimum atomic E-state index is -1.30. The summed E-state index contributed by atoms with van der Waals surface area (Å²) in [6.07, 6.45) is 1.94. The average molecular weight is 368 g/mol. The van der Waals surface area contributed by atoms with Gasteiger partial charge in [-0.3, -0.25) is 0 Å². The van der Waals surface area contributed by atoms with Gasteiger partial charge in [-0.25, -0.2) is 0 Å². The van der Waals surface area contributed by atoms with Gasteiger partial charge in [0.1, 0.15) is 17.6 Å². The normalized spacial score (nSPS) is 11.6. The molecule has 1 atom stereocenters. The molecule has 1 heterocycles. The van der Waals surface area contributed by atoms with E-state index >= 15 is 0 Å². The standard InChI is InChI=1S/C14H13Cl2NO3S.Na/c1-21-7-11-2-3-12(20-11)13(14(18)19)17-10-5-8(15)4-9(16)6-10;/h2-6,13,17H,7H2,1H3,(H,18,19);/q;+1/p-1. The van der Waals surface area contributed by atoms with Crippen molar-refractivity contribution in [2.24, 2.45) is 0 Å². The number of hydrogen-bond donors (Lipinski definition) is 1. The van der Waals surface area contributed by atoms with E-state index in [1.165, 1.54) is 0 Å². The van der Waals surface area contributed by atoms with E-state index in [1.807, 2.05) is 6.26 Å². The van der Waals surface area contributed by atoms with E-state index in [9.17, 15) is 9.90 Å². The summed E-state index contributed by atoms with van der Waals surface area (Å²) in [6.45, 7) is 0. The van der Waals surface area contributed by atoms with Crippen LogP contribution in [0, 0.1) is 0 Å². The summed E-state index contributed by atoms with van der Waals surface area (Å²) in [7, 11) is 0. The van der Waals surface area contributed by atoms with Crippen LogP contribution in [-0.4, -0.2) is 12.2 Å². The first-order valence-corrected chi connectivity index (χ1v) is 8.15. The maximum atomic E-state index is 11.3. The van der Waals surface area contributed by atoms with E-state index in [0.29, 0.717) is 27.2 Å². The van der Waals surface area contributed by atoms with Gasteiger partial charge in [0, 0.05) is 15.7 Å². The van der Waals surface area contributed by atoms with Crippen LogP contribution in [0.1, 0.15) is 17.6 Å². The molecule has 1 aromatic carbocycles. The molecule has 1 aromatic heterocycles.